The molecule has 2 fully saturated rings. The van der Waals surface area contributed by atoms with E-state index in [1.807, 2.05) is 0 Å². The van der Waals surface area contributed by atoms with Crippen LogP contribution in [0.5, 0.6) is 0 Å². The standard InChI is InChI=1S/C10H15BrN4O4S/c1-14-9(8(11)12-13-14)20(16,17)15-4-2-3-10(7-15)18-5-6-19-10/h2-7H2,1H3. The van der Waals surface area contributed by atoms with Gasteiger partial charge < -0.3 is 9.47 Å². The molecule has 10 heteroatoms. The quantitative estimate of drug-likeness (QED) is 0.737. The first-order valence-corrected chi connectivity index (χ1v) is 8.51. The monoisotopic (exact) mass is 366 g/mol. The predicted molar refractivity (Wildman–Crippen MR) is 71.3 cm³/mol. The second-order valence-corrected chi connectivity index (χ2v) is 7.46. The molecule has 1 spiro atoms. The van der Waals surface area contributed by atoms with Gasteiger partial charge in [0.25, 0.3) is 10.0 Å². The highest BCUT2D eigenvalue weighted by atomic mass is 79.9. The summed E-state index contributed by atoms with van der Waals surface area (Å²) in [4.78, 5) is 0. The molecule has 8 nitrogen and oxygen atoms in total. The van der Waals surface area contributed by atoms with Gasteiger partial charge in [-0.05, 0) is 22.4 Å². The zero-order chi connectivity index (χ0) is 14.4. The minimum atomic E-state index is -3.68. The summed E-state index contributed by atoms with van der Waals surface area (Å²) in [6, 6.07) is 0. The van der Waals surface area contributed by atoms with Crippen molar-refractivity contribution in [2.45, 2.75) is 23.7 Å². The maximum atomic E-state index is 12.7. The van der Waals surface area contributed by atoms with Gasteiger partial charge in [0.1, 0.15) is 0 Å². The Labute approximate surface area is 125 Å². The van der Waals surface area contributed by atoms with Crippen molar-refractivity contribution in [1.82, 2.24) is 19.3 Å². The third kappa shape index (κ3) is 2.29. The first-order valence-electron chi connectivity index (χ1n) is 6.28. The van der Waals surface area contributed by atoms with E-state index in [4.69, 9.17) is 9.47 Å². The number of rotatable bonds is 2. The molecule has 0 unspecified atom stereocenters. The van der Waals surface area contributed by atoms with Gasteiger partial charge in [-0.15, -0.1) is 5.10 Å². The van der Waals surface area contributed by atoms with Gasteiger partial charge in [0.15, 0.2) is 10.4 Å². The lowest BCUT2D eigenvalue weighted by molar-refractivity contribution is -0.179. The van der Waals surface area contributed by atoms with Gasteiger partial charge in [-0.2, -0.15) is 4.31 Å². The SMILES string of the molecule is Cn1nnc(Br)c1S(=O)(=O)N1CCCC2(C1)OCCO2. The first-order chi connectivity index (χ1) is 9.45. The number of hydrogen-bond donors (Lipinski definition) is 0. The van der Waals surface area contributed by atoms with E-state index < -0.39 is 15.8 Å². The van der Waals surface area contributed by atoms with Crippen molar-refractivity contribution in [2.24, 2.45) is 7.05 Å². The van der Waals surface area contributed by atoms with Crippen molar-refractivity contribution < 1.29 is 17.9 Å². The van der Waals surface area contributed by atoms with E-state index >= 15 is 0 Å². The highest BCUT2D eigenvalue weighted by Gasteiger charge is 2.45. The molecule has 0 aliphatic carbocycles. The van der Waals surface area contributed by atoms with Crippen LogP contribution in [0.15, 0.2) is 9.63 Å². The van der Waals surface area contributed by atoms with Crippen LogP contribution in [-0.2, 0) is 26.5 Å². The van der Waals surface area contributed by atoms with Crippen LogP contribution in [-0.4, -0.2) is 59.8 Å². The van der Waals surface area contributed by atoms with Crippen molar-refractivity contribution in [3.63, 3.8) is 0 Å². The minimum absolute atomic E-state index is 0.0487. The minimum Gasteiger partial charge on any atom is -0.346 e. The number of ether oxygens (including phenoxy) is 2. The largest absolute Gasteiger partial charge is 0.346 e. The van der Waals surface area contributed by atoms with E-state index in [1.54, 1.807) is 7.05 Å². The molecule has 1 aromatic rings. The summed E-state index contributed by atoms with van der Waals surface area (Å²) < 4.78 is 39.5. The Morgan fingerprint density at radius 1 is 1.35 bits per heavy atom. The molecule has 0 aromatic carbocycles. The lowest BCUT2D eigenvalue weighted by Gasteiger charge is -2.37. The molecule has 1 aromatic heterocycles. The molecule has 3 rings (SSSR count). The lowest BCUT2D eigenvalue weighted by Crippen LogP contribution is -2.51. The smallest absolute Gasteiger partial charge is 0.263 e. The van der Waals surface area contributed by atoms with E-state index in [2.05, 4.69) is 26.2 Å². The summed E-state index contributed by atoms with van der Waals surface area (Å²) in [5, 5.41) is 7.49. The molecule has 0 N–H and O–H groups in total. The highest BCUT2D eigenvalue weighted by molar-refractivity contribution is 9.10. The second-order valence-electron chi connectivity index (χ2n) is 4.86. The maximum absolute atomic E-state index is 12.7. The van der Waals surface area contributed by atoms with E-state index in [0.29, 0.717) is 32.6 Å². The van der Waals surface area contributed by atoms with Crippen LogP contribution in [0.3, 0.4) is 0 Å². The van der Waals surface area contributed by atoms with Gasteiger partial charge in [0.05, 0.1) is 19.8 Å². The van der Waals surface area contributed by atoms with Gasteiger partial charge in [0, 0.05) is 20.0 Å². The molecule has 112 valence electrons. The Kier molecular flexibility index (Phi) is 3.61. The fourth-order valence-electron chi connectivity index (χ4n) is 2.61. The van der Waals surface area contributed by atoms with Crippen molar-refractivity contribution >= 4 is 26.0 Å². The number of aryl methyl sites for hydroxylation is 1. The fourth-order valence-corrected chi connectivity index (χ4v) is 5.15. The summed E-state index contributed by atoms with van der Waals surface area (Å²) in [6.45, 7) is 1.65. The molecule has 0 bridgehead atoms. The molecule has 2 aliphatic heterocycles. The Balaban J connectivity index is 1.92. The number of halogens is 1. The van der Waals surface area contributed by atoms with E-state index in [0.717, 1.165) is 0 Å². The van der Waals surface area contributed by atoms with Gasteiger partial charge in [-0.1, -0.05) is 5.21 Å². The third-order valence-corrected chi connectivity index (χ3v) is 6.25. The first kappa shape index (κ1) is 14.4. The van der Waals surface area contributed by atoms with Crippen LogP contribution in [0.4, 0.5) is 0 Å². The molecule has 0 amide bonds. The van der Waals surface area contributed by atoms with Crippen LogP contribution < -0.4 is 0 Å². The molecule has 0 radical (unpaired) electrons. The van der Waals surface area contributed by atoms with Crippen molar-refractivity contribution in [2.75, 3.05) is 26.3 Å². The summed E-state index contributed by atoms with van der Waals surface area (Å²) in [5.41, 5.74) is 0. The zero-order valence-corrected chi connectivity index (χ0v) is 13.4. The number of aromatic nitrogens is 3. The normalized spacial score (nSPS) is 23.5. The second kappa shape index (κ2) is 5.02. The van der Waals surface area contributed by atoms with E-state index in [9.17, 15) is 8.42 Å². The topological polar surface area (TPSA) is 86.5 Å². The molecular weight excluding hydrogens is 352 g/mol. The molecule has 3 heterocycles. The zero-order valence-electron chi connectivity index (χ0n) is 11.0. The van der Waals surface area contributed by atoms with E-state index in [-0.39, 0.29) is 16.2 Å². The summed E-state index contributed by atoms with van der Waals surface area (Å²) in [7, 11) is -2.13. The number of hydrogen-bond acceptors (Lipinski definition) is 6. The fraction of sp³-hybridized carbons (Fsp3) is 0.800. The Morgan fingerprint density at radius 2 is 2.05 bits per heavy atom. The van der Waals surface area contributed by atoms with Gasteiger partial charge in [-0.3, -0.25) is 0 Å². The lowest BCUT2D eigenvalue weighted by atomic mass is 10.1. The number of sulfonamides is 1. The van der Waals surface area contributed by atoms with Gasteiger partial charge in [0.2, 0.25) is 5.03 Å². The average molecular weight is 367 g/mol. The highest BCUT2D eigenvalue weighted by Crippen LogP contribution is 2.33. The predicted octanol–water partition coefficient (Wildman–Crippen LogP) is 0.105. The summed E-state index contributed by atoms with van der Waals surface area (Å²) >= 11 is 3.13. The third-order valence-electron chi connectivity index (χ3n) is 3.52. The van der Waals surface area contributed by atoms with Crippen molar-refractivity contribution in [3.8, 4) is 0 Å². The van der Waals surface area contributed by atoms with Gasteiger partial charge in [-0.25, -0.2) is 13.1 Å². The Bertz CT molecular complexity index is 591. The summed E-state index contributed by atoms with van der Waals surface area (Å²) in [6.07, 6.45) is 1.41. The molecular formula is C10H15BrN4O4S. The molecule has 0 atom stereocenters. The average Bonchev–Trinajstić information content (AvgIpc) is 2.97. The van der Waals surface area contributed by atoms with Crippen LogP contribution in [0.2, 0.25) is 0 Å². The molecule has 20 heavy (non-hydrogen) atoms. The Hall–Kier alpha value is -0.550. The van der Waals surface area contributed by atoms with Crippen LogP contribution >= 0.6 is 15.9 Å². The van der Waals surface area contributed by atoms with Crippen molar-refractivity contribution in [1.29, 1.82) is 0 Å². The molecule has 2 saturated heterocycles. The van der Waals surface area contributed by atoms with Crippen molar-refractivity contribution in [3.05, 3.63) is 4.60 Å². The maximum Gasteiger partial charge on any atom is 0.263 e. The number of piperidine rings is 1. The van der Waals surface area contributed by atoms with E-state index in [1.165, 1.54) is 8.99 Å². The molecule has 2 aliphatic rings. The van der Waals surface area contributed by atoms with Gasteiger partial charge >= 0.3 is 0 Å². The summed E-state index contributed by atoms with van der Waals surface area (Å²) in [5.74, 6) is -0.788. The Morgan fingerprint density at radius 3 is 2.65 bits per heavy atom. The molecule has 0 saturated carbocycles. The van der Waals surface area contributed by atoms with Crippen LogP contribution in [0.25, 0.3) is 0 Å². The van der Waals surface area contributed by atoms with Crippen LogP contribution in [0, 0.1) is 0 Å². The number of nitrogens with zero attached hydrogens (tertiary/aromatic N) is 4. The van der Waals surface area contributed by atoms with Crippen LogP contribution in [0.1, 0.15) is 12.8 Å².